The van der Waals surface area contributed by atoms with Crippen LogP contribution in [0.4, 0.5) is 0 Å². The standard InChI is InChI=1S/C19H16O3/c1-21-15-9-7-13(8-10-15)19(20)18-12-16(22-2)11-14-5-3-4-6-17(14)18/h3-12H,1-2H3. The van der Waals surface area contributed by atoms with Gasteiger partial charge in [-0.05, 0) is 47.2 Å². The molecule has 0 radical (unpaired) electrons. The lowest BCUT2D eigenvalue weighted by Gasteiger charge is -2.09. The van der Waals surface area contributed by atoms with E-state index >= 15 is 0 Å². The molecule has 0 atom stereocenters. The predicted molar refractivity (Wildman–Crippen MR) is 86.9 cm³/mol. The first-order valence-corrected chi connectivity index (χ1v) is 6.98. The second-order valence-electron chi connectivity index (χ2n) is 4.95. The fraction of sp³-hybridized carbons (Fsp3) is 0.105. The summed E-state index contributed by atoms with van der Waals surface area (Å²) in [6.45, 7) is 0. The molecule has 0 bridgehead atoms. The van der Waals surface area contributed by atoms with Crippen molar-refractivity contribution in [3.63, 3.8) is 0 Å². The van der Waals surface area contributed by atoms with E-state index in [0.29, 0.717) is 16.9 Å². The molecule has 3 nitrogen and oxygen atoms in total. The molecule has 0 unspecified atom stereocenters. The van der Waals surface area contributed by atoms with E-state index in [0.717, 1.165) is 16.5 Å². The minimum Gasteiger partial charge on any atom is -0.497 e. The molecule has 3 rings (SSSR count). The van der Waals surface area contributed by atoms with Crippen molar-refractivity contribution in [1.82, 2.24) is 0 Å². The Balaban J connectivity index is 2.13. The topological polar surface area (TPSA) is 35.5 Å². The van der Waals surface area contributed by atoms with Crippen LogP contribution in [0.1, 0.15) is 15.9 Å². The lowest BCUT2D eigenvalue weighted by atomic mass is 9.97. The van der Waals surface area contributed by atoms with E-state index in [-0.39, 0.29) is 5.78 Å². The van der Waals surface area contributed by atoms with Crippen LogP contribution in [0.5, 0.6) is 11.5 Å². The van der Waals surface area contributed by atoms with Gasteiger partial charge in [0.05, 0.1) is 14.2 Å². The molecule has 0 spiro atoms. The average Bonchev–Trinajstić information content (AvgIpc) is 2.60. The quantitative estimate of drug-likeness (QED) is 0.679. The summed E-state index contributed by atoms with van der Waals surface area (Å²) in [7, 11) is 3.21. The Morgan fingerprint density at radius 2 is 1.50 bits per heavy atom. The molecule has 0 saturated heterocycles. The minimum absolute atomic E-state index is 0.0299. The van der Waals surface area contributed by atoms with Gasteiger partial charge in [-0.2, -0.15) is 0 Å². The highest BCUT2D eigenvalue weighted by Crippen LogP contribution is 2.27. The molecular formula is C19H16O3. The predicted octanol–water partition coefficient (Wildman–Crippen LogP) is 4.09. The van der Waals surface area contributed by atoms with Crippen LogP contribution >= 0.6 is 0 Å². The molecule has 3 aromatic rings. The van der Waals surface area contributed by atoms with Crippen molar-refractivity contribution in [3.8, 4) is 11.5 Å². The molecule has 0 aliphatic rings. The molecule has 0 fully saturated rings. The third-order valence-corrected chi connectivity index (χ3v) is 3.67. The van der Waals surface area contributed by atoms with Crippen molar-refractivity contribution in [2.75, 3.05) is 14.2 Å². The number of carbonyl (C=O) groups is 1. The monoisotopic (exact) mass is 292 g/mol. The fourth-order valence-corrected chi connectivity index (χ4v) is 2.49. The highest BCUT2D eigenvalue weighted by Gasteiger charge is 2.14. The van der Waals surface area contributed by atoms with E-state index in [9.17, 15) is 4.79 Å². The van der Waals surface area contributed by atoms with E-state index in [1.54, 1.807) is 44.6 Å². The second-order valence-corrected chi connectivity index (χ2v) is 4.95. The largest absolute Gasteiger partial charge is 0.497 e. The van der Waals surface area contributed by atoms with Gasteiger partial charge in [-0.25, -0.2) is 0 Å². The number of carbonyl (C=O) groups excluding carboxylic acids is 1. The fourth-order valence-electron chi connectivity index (χ4n) is 2.49. The molecule has 110 valence electrons. The Kier molecular flexibility index (Phi) is 3.79. The summed E-state index contributed by atoms with van der Waals surface area (Å²) in [6.07, 6.45) is 0. The van der Waals surface area contributed by atoms with Crippen molar-refractivity contribution < 1.29 is 14.3 Å². The Bertz CT molecular complexity index is 820. The van der Waals surface area contributed by atoms with E-state index < -0.39 is 0 Å². The molecular weight excluding hydrogens is 276 g/mol. The van der Waals surface area contributed by atoms with Crippen LogP contribution < -0.4 is 9.47 Å². The second kappa shape index (κ2) is 5.90. The van der Waals surface area contributed by atoms with Gasteiger partial charge in [0.2, 0.25) is 0 Å². The zero-order valence-corrected chi connectivity index (χ0v) is 12.5. The van der Waals surface area contributed by atoms with Gasteiger partial charge in [0.1, 0.15) is 11.5 Å². The van der Waals surface area contributed by atoms with Crippen LogP contribution in [0.15, 0.2) is 60.7 Å². The number of fused-ring (bicyclic) bond motifs is 1. The molecule has 22 heavy (non-hydrogen) atoms. The van der Waals surface area contributed by atoms with Gasteiger partial charge in [-0.1, -0.05) is 24.3 Å². The smallest absolute Gasteiger partial charge is 0.193 e. The molecule has 0 amide bonds. The van der Waals surface area contributed by atoms with Gasteiger partial charge >= 0.3 is 0 Å². The zero-order valence-electron chi connectivity index (χ0n) is 12.5. The summed E-state index contributed by atoms with van der Waals surface area (Å²) >= 11 is 0. The number of rotatable bonds is 4. The van der Waals surface area contributed by atoms with Crippen molar-refractivity contribution in [2.45, 2.75) is 0 Å². The number of ketones is 1. The highest BCUT2D eigenvalue weighted by atomic mass is 16.5. The van der Waals surface area contributed by atoms with Crippen LogP contribution in [0.2, 0.25) is 0 Å². The van der Waals surface area contributed by atoms with Crippen molar-refractivity contribution in [2.24, 2.45) is 0 Å². The first-order chi connectivity index (χ1) is 10.7. The number of methoxy groups -OCH3 is 2. The molecule has 3 aromatic carbocycles. The van der Waals surface area contributed by atoms with Crippen molar-refractivity contribution >= 4 is 16.6 Å². The molecule has 0 aromatic heterocycles. The molecule has 0 aliphatic carbocycles. The number of hydrogen-bond donors (Lipinski definition) is 0. The van der Waals surface area contributed by atoms with E-state index in [4.69, 9.17) is 9.47 Å². The van der Waals surface area contributed by atoms with Gasteiger partial charge in [-0.3, -0.25) is 4.79 Å². The zero-order chi connectivity index (χ0) is 15.5. The number of ether oxygens (including phenoxy) is 2. The Morgan fingerprint density at radius 1 is 0.818 bits per heavy atom. The van der Waals surface area contributed by atoms with Crippen LogP contribution in [0, 0.1) is 0 Å². The van der Waals surface area contributed by atoms with Gasteiger partial charge in [0.25, 0.3) is 0 Å². The summed E-state index contributed by atoms with van der Waals surface area (Å²) in [5.41, 5.74) is 1.26. The van der Waals surface area contributed by atoms with Gasteiger partial charge in [0.15, 0.2) is 5.78 Å². The summed E-state index contributed by atoms with van der Waals surface area (Å²) < 4.78 is 10.4. The Hall–Kier alpha value is -2.81. The van der Waals surface area contributed by atoms with Crippen LogP contribution in [0.25, 0.3) is 10.8 Å². The lowest BCUT2D eigenvalue weighted by molar-refractivity contribution is 0.104. The number of hydrogen-bond acceptors (Lipinski definition) is 3. The van der Waals surface area contributed by atoms with Gasteiger partial charge in [-0.15, -0.1) is 0 Å². The maximum atomic E-state index is 12.8. The maximum Gasteiger partial charge on any atom is 0.193 e. The molecule has 0 aliphatic heterocycles. The molecule has 0 N–H and O–H groups in total. The van der Waals surface area contributed by atoms with Crippen molar-refractivity contribution in [1.29, 1.82) is 0 Å². The summed E-state index contributed by atoms with van der Waals surface area (Å²) in [6, 6.07) is 18.6. The van der Waals surface area contributed by atoms with Crippen molar-refractivity contribution in [3.05, 3.63) is 71.8 Å². The van der Waals surface area contributed by atoms with Crippen LogP contribution in [-0.2, 0) is 0 Å². The molecule has 0 saturated carbocycles. The van der Waals surface area contributed by atoms with E-state index in [1.807, 2.05) is 30.3 Å². The third-order valence-electron chi connectivity index (χ3n) is 3.67. The first-order valence-electron chi connectivity index (χ1n) is 6.98. The minimum atomic E-state index is -0.0299. The summed E-state index contributed by atoms with van der Waals surface area (Å²) in [5.74, 6) is 1.38. The SMILES string of the molecule is COc1ccc(C(=O)c2cc(OC)cc3ccccc23)cc1. The third kappa shape index (κ3) is 2.53. The van der Waals surface area contributed by atoms with Crippen LogP contribution in [-0.4, -0.2) is 20.0 Å². The summed E-state index contributed by atoms with van der Waals surface area (Å²) in [5, 5.41) is 1.91. The van der Waals surface area contributed by atoms with Crippen LogP contribution in [0.3, 0.4) is 0 Å². The first kappa shape index (κ1) is 14.1. The average molecular weight is 292 g/mol. The van der Waals surface area contributed by atoms with E-state index in [2.05, 4.69) is 0 Å². The van der Waals surface area contributed by atoms with Gasteiger partial charge in [0, 0.05) is 11.1 Å². The lowest BCUT2D eigenvalue weighted by Crippen LogP contribution is -2.03. The summed E-state index contributed by atoms with van der Waals surface area (Å²) in [4.78, 5) is 12.8. The Morgan fingerprint density at radius 3 is 2.18 bits per heavy atom. The highest BCUT2D eigenvalue weighted by molar-refractivity contribution is 6.16. The molecule has 0 heterocycles. The van der Waals surface area contributed by atoms with Gasteiger partial charge < -0.3 is 9.47 Å². The number of benzene rings is 3. The normalized spacial score (nSPS) is 10.5. The van der Waals surface area contributed by atoms with E-state index in [1.165, 1.54) is 0 Å². The Labute approximate surface area is 129 Å². The maximum absolute atomic E-state index is 12.8. The molecule has 3 heteroatoms.